The van der Waals surface area contributed by atoms with Gasteiger partial charge >= 0.3 is 5.97 Å². The second-order valence-corrected chi connectivity index (χ2v) is 8.18. The summed E-state index contributed by atoms with van der Waals surface area (Å²) >= 11 is 8.92. The molecule has 0 spiro atoms. The highest BCUT2D eigenvalue weighted by atomic mass is 79.9. The maximum absolute atomic E-state index is 12.0. The average Bonchev–Trinajstić information content (AvgIpc) is 2.90. The molecule has 1 unspecified atom stereocenters. The van der Waals surface area contributed by atoms with Crippen molar-refractivity contribution in [2.45, 2.75) is 23.8 Å². The molecule has 0 radical (unpaired) electrons. The summed E-state index contributed by atoms with van der Waals surface area (Å²) in [5.74, 6) is -0.679. The minimum atomic E-state index is -4.03. The van der Waals surface area contributed by atoms with Crippen molar-refractivity contribution in [3.05, 3.63) is 27.2 Å². The lowest BCUT2D eigenvalue weighted by atomic mass is 10.2. The Kier molecular flexibility index (Phi) is 5.54. The topological polar surface area (TPSA) is 69.7 Å². The molecule has 9 heteroatoms. The van der Waals surface area contributed by atoms with E-state index in [2.05, 4.69) is 15.9 Å². The largest absolute Gasteiger partial charge is 0.459 e. The Labute approximate surface area is 140 Å². The first-order chi connectivity index (χ1) is 9.79. The van der Waals surface area contributed by atoms with Gasteiger partial charge in [0.25, 0.3) is 9.05 Å². The van der Waals surface area contributed by atoms with Gasteiger partial charge < -0.3 is 9.47 Å². The van der Waals surface area contributed by atoms with Crippen LogP contribution in [-0.2, 0) is 18.5 Å². The number of benzene rings is 1. The van der Waals surface area contributed by atoms with Crippen LogP contribution in [0.5, 0.6) is 0 Å². The smallest absolute Gasteiger partial charge is 0.338 e. The number of rotatable bonds is 4. The maximum Gasteiger partial charge on any atom is 0.338 e. The SMILES string of the molecule is O=C(OCC1CCCO1)c1cc(Cl)c(Br)c(S(=O)(=O)Cl)c1. The second kappa shape index (κ2) is 6.83. The molecule has 1 atom stereocenters. The zero-order valence-electron chi connectivity index (χ0n) is 10.6. The van der Waals surface area contributed by atoms with E-state index in [1.807, 2.05) is 0 Å². The molecule has 1 aromatic rings. The van der Waals surface area contributed by atoms with Crippen molar-refractivity contribution in [3.63, 3.8) is 0 Å². The molecule has 1 aliphatic rings. The van der Waals surface area contributed by atoms with Crippen LogP contribution in [0.2, 0.25) is 5.02 Å². The summed E-state index contributed by atoms with van der Waals surface area (Å²) in [6.45, 7) is 0.774. The first-order valence-corrected chi connectivity index (χ1v) is 9.49. The number of hydrogen-bond acceptors (Lipinski definition) is 5. The molecule has 5 nitrogen and oxygen atoms in total. The number of carbonyl (C=O) groups excluding carboxylic acids is 1. The van der Waals surface area contributed by atoms with Crippen LogP contribution in [0.15, 0.2) is 21.5 Å². The summed E-state index contributed by atoms with van der Waals surface area (Å²) in [6.07, 6.45) is 1.65. The van der Waals surface area contributed by atoms with Crippen LogP contribution in [0.1, 0.15) is 23.2 Å². The monoisotopic (exact) mass is 416 g/mol. The van der Waals surface area contributed by atoms with Crippen LogP contribution in [0, 0.1) is 0 Å². The number of ether oxygens (including phenoxy) is 2. The predicted octanol–water partition coefficient (Wildman–Crippen LogP) is 3.37. The van der Waals surface area contributed by atoms with Crippen molar-refractivity contribution in [2.24, 2.45) is 0 Å². The predicted molar refractivity (Wildman–Crippen MR) is 81.4 cm³/mol. The van der Waals surface area contributed by atoms with Gasteiger partial charge in [-0.3, -0.25) is 0 Å². The van der Waals surface area contributed by atoms with E-state index in [-0.39, 0.29) is 32.7 Å². The summed E-state index contributed by atoms with van der Waals surface area (Å²) in [5.41, 5.74) is 0.0143. The normalized spacial score (nSPS) is 18.7. The molecule has 1 saturated heterocycles. The van der Waals surface area contributed by atoms with E-state index < -0.39 is 15.0 Å². The summed E-state index contributed by atoms with van der Waals surface area (Å²) in [7, 11) is 1.27. The van der Waals surface area contributed by atoms with Crippen molar-refractivity contribution in [1.29, 1.82) is 0 Å². The number of halogens is 3. The van der Waals surface area contributed by atoms with E-state index in [1.54, 1.807) is 0 Å². The first-order valence-electron chi connectivity index (χ1n) is 6.01. The lowest BCUT2D eigenvalue weighted by molar-refractivity contribution is 0.0161. The third-order valence-electron chi connectivity index (χ3n) is 2.92. The van der Waals surface area contributed by atoms with Gasteiger partial charge in [0, 0.05) is 17.3 Å². The molecule has 0 bridgehead atoms. The number of esters is 1. The maximum atomic E-state index is 12.0. The minimum absolute atomic E-state index is 0.0143. The molecular weight excluding hydrogens is 407 g/mol. The fourth-order valence-electron chi connectivity index (χ4n) is 1.89. The van der Waals surface area contributed by atoms with Crippen LogP contribution in [-0.4, -0.2) is 33.7 Å². The van der Waals surface area contributed by atoms with Gasteiger partial charge in [-0.25, -0.2) is 13.2 Å². The molecule has 0 amide bonds. The van der Waals surface area contributed by atoms with Crippen LogP contribution in [0.3, 0.4) is 0 Å². The molecule has 1 fully saturated rings. The van der Waals surface area contributed by atoms with Gasteiger partial charge in [-0.05, 0) is 40.9 Å². The van der Waals surface area contributed by atoms with E-state index in [9.17, 15) is 13.2 Å². The Morgan fingerprint density at radius 2 is 2.19 bits per heavy atom. The molecule has 1 aromatic carbocycles. The van der Waals surface area contributed by atoms with Gasteiger partial charge in [0.15, 0.2) is 0 Å². The highest BCUT2D eigenvalue weighted by molar-refractivity contribution is 9.10. The molecule has 0 saturated carbocycles. The molecule has 1 heterocycles. The Hall–Kier alpha value is -0.340. The van der Waals surface area contributed by atoms with Crippen LogP contribution in [0.4, 0.5) is 0 Å². The van der Waals surface area contributed by atoms with Gasteiger partial charge in [-0.2, -0.15) is 0 Å². The van der Waals surface area contributed by atoms with Crippen molar-refractivity contribution in [2.75, 3.05) is 13.2 Å². The third kappa shape index (κ3) is 4.32. The molecule has 0 aromatic heterocycles. The zero-order valence-corrected chi connectivity index (χ0v) is 14.6. The molecule has 1 aliphatic heterocycles. The van der Waals surface area contributed by atoms with E-state index in [0.29, 0.717) is 6.61 Å². The van der Waals surface area contributed by atoms with Crippen LogP contribution < -0.4 is 0 Å². The van der Waals surface area contributed by atoms with Gasteiger partial charge in [-0.1, -0.05) is 11.6 Å². The summed E-state index contributed by atoms with van der Waals surface area (Å²) < 4.78 is 33.4. The Morgan fingerprint density at radius 3 is 2.76 bits per heavy atom. The highest BCUT2D eigenvalue weighted by Gasteiger charge is 2.22. The molecule has 116 valence electrons. The van der Waals surface area contributed by atoms with Gasteiger partial charge in [-0.15, -0.1) is 0 Å². The average molecular weight is 418 g/mol. The zero-order chi connectivity index (χ0) is 15.6. The number of carbonyl (C=O) groups is 1. The molecule has 2 rings (SSSR count). The van der Waals surface area contributed by atoms with Gasteiger partial charge in [0.1, 0.15) is 6.61 Å². The Bertz CT molecular complexity index is 656. The fraction of sp³-hybridized carbons (Fsp3) is 0.417. The van der Waals surface area contributed by atoms with Gasteiger partial charge in [0.2, 0.25) is 0 Å². The van der Waals surface area contributed by atoms with Crippen molar-refractivity contribution < 1.29 is 22.7 Å². The van der Waals surface area contributed by atoms with E-state index in [0.717, 1.165) is 18.9 Å². The van der Waals surface area contributed by atoms with Crippen molar-refractivity contribution in [1.82, 2.24) is 0 Å². The minimum Gasteiger partial charge on any atom is -0.459 e. The summed E-state index contributed by atoms with van der Waals surface area (Å²) in [5, 5.41) is 0.0563. The molecule has 0 N–H and O–H groups in total. The highest BCUT2D eigenvalue weighted by Crippen LogP contribution is 2.33. The van der Waals surface area contributed by atoms with Crippen LogP contribution >= 0.6 is 38.2 Å². The van der Waals surface area contributed by atoms with Crippen molar-refractivity contribution >= 4 is 53.2 Å². The fourth-order valence-corrected chi connectivity index (χ4v) is 4.27. The van der Waals surface area contributed by atoms with E-state index in [1.165, 1.54) is 6.07 Å². The Balaban J connectivity index is 2.19. The number of hydrogen-bond donors (Lipinski definition) is 0. The summed E-state index contributed by atoms with van der Waals surface area (Å²) in [4.78, 5) is 11.7. The summed E-state index contributed by atoms with van der Waals surface area (Å²) in [6, 6.07) is 2.44. The molecule has 21 heavy (non-hydrogen) atoms. The Morgan fingerprint density at radius 1 is 1.48 bits per heavy atom. The van der Waals surface area contributed by atoms with E-state index >= 15 is 0 Å². The first kappa shape index (κ1) is 17.0. The van der Waals surface area contributed by atoms with E-state index in [4.69, 9.17) is 31.8 Å². The van der Waals surface area contributed by atoms with Crippen LogP contribution in [0.25, 0.3) is 0 Å². The third-order valence-corrected chi connectivity index (χ3v) is 5.91. The van der Waals surface area contributed by atoms with Crippen molar-refractivity contribution in [3.8, 4) is 0 Å². The molecule has 0 aliphatic carbocycles. The lowest BCUT2D eigenvalue weighted by Crippen LogP contribution is -2.18. The van der Waals surface area contributed by atoms with Gasteiger partial charge in [0.05, 0.1) is 26.1 Å². The standard InChI is InChI=1S/C12H11BrCl2O5S/c13-11-9(14)4-7(5-10(11)21(15,17)18)12(16)20-6-8-2-1-3-19-8/h4-5,8H,1-3,6H2. The molecular formula is C12H11BrCl2O5S. The second-order valence-electron chi connectivity index (χ2n) is 4.44. The quantitative estimate of drug-likeness (QED) is 0.554. The lowest BCUT2D eigenvalue weighted by Gasteiger charge is -2.11.